The van der Waals surface area contributed by atoms with Crippen LogP contribution in [-0.4, -0.2) is 34.6 Å². The summed E-state index contributed by atoms with van der Waals surface area (Å²) in [6, 6.07) is 15.6. The Hall–Kier alpha value is -2.54. The fourth-order valence-corrected chi connectivity index (χ4v) is 3.21. The van der Waals surface area contributed by atoms with E-state index in [0.717, 1.165) is 22.5 Å². The molecule has 3 rings (SSSR count). The van der Waals surface area contributed by atoms with Gasteiger partial charge < -0.3 is 19.9 Å². The van der Waals surface area contributed by atoms with E-state index < -0.39 is 0 Å². The lowest BCUT2D eigenvalue weighted by atomic mass is 10.2. The summed E-state index contributed by atoms with van der Waals surface area (Å²) in [4.78, 5) is 0. The summed E-state index contributed by atoms with van der Waals surface area (Å²) >= 11 is 6.57. The predicted octanol–water partition coefficient (Wildman–Crippen LogP) is 3.89. The zero-order chi connectivity index (χ0) is 20.8. The van der Waals surface area contributed by atoms with Gasteiger partial charge in [0.1, 0.15) is 11.8 Å². The maximum absolute atomic E-state index is 9.13. The molecule has 2 N–H and O–H groups in total. The molecule has 2 aromatic carbocycles. The van der Waals surface area contributed by atoms with Gasteiger partial charge in [-0.15, -0.1) is 0 Å². The van der Waals surface area contributed by atoms with Crippen LogP contribution in [0.2, 0.25) is 5.15 Å². The molecule has 0 spiro atoms. The van der Waals surface area contributed by atoms with Crippen LogP contribution in [0.1, 0.15) is 23.7 Å². The quantitative estimate of drug-likeness (QED) is 0.555. The Morgan fingerprint density at radius 2 is 1.93 bits per heavy atom. The molecule has 0 fully saturated rings. The topological polar surface area (TPSA) is 68.5 Å². The lowest BCUT2D eigenvalue weighted by molar-refractivity contribution is 0.251. The summed E-state index contributed by atoms with van der Waals surface area (Å²) in [5.41, 5.74) is 3.59. The summed E-state index contributed by atoms with van der Waals surface area (Å²) in [7, 11) is 1.61. The molecule has 0 aliphatic carbocycles. The van der Waals surface area contributed by atoms with Gasteiger partial charge >= 0.3 is 0 Å². The Labute approximate surface area is 176 Å². The van der Waals surface area contributed by atoms with Gasteiger partial charge in [0, 0.05) is 18.2 Å². The summed E-state index contributed by atoms with van der Waals surface area (Å²) in [5, 5.41) is 17.4. The highest BCUT2D eigenvalue weighted by atomic mass is 35.5. The van der Waals surface area contributed by atoms with Gasteiger partial charge in [0.2, 0.25) is 0 Å². The fraction of sp³-hybridized carbons (Fsp3) is 0.318. The van der Waals surface area contributed by atoms with Crippen molar-refractivity contribution in [3.05, 3.63) is 70.5 Å². The number of para-hydroxylation sites is 1. The van der Waals surface area contributed by atoms with Crippen LogP contribution in [0, 0.1) is 6.92 Å². The molecule has 0 aliphatic heterocycles. The first-order valence-corrected chi connectivity index (χ1v) is 9.84. The average Bonchev–Trinajstić information content (AvgIpc) is 3.04. The molecule has 0 saturated heterocycles. The van der Waals surface area contributed by atoms with Gasteiger partial charge in [0.15, 0.2) is 11.5 Å². The van der Waals surface area contributed by atoms with E-state index in [2.05, 4.69) is 10.4 Å². The zero-order valence-electron chi connectivity index (χ0n) is 16.9. The van der Waals surface area contributed by atoms with Gasteiger partial charge in [-0.25, -0.2) is 4.68 Å². The largest absolute Gasteiger partial charge is 0.493 e. The Morgan fingerprint density at radius 3 is 2.62 bits per heavy atom. The summed E-state index contributed by atoms with van der Waals surface area (Å²) in [5.74, 6) is 1.28. The van der Waals surface area contributed by atoms with Gasteiger partial charge in [0.25, 0.3) is 0 Å². The van der Waals surface area contributed by atoms with Crippen LogP contribution in [-0.2, 0) is 13.2 Å². The number of methoxy groups -OCH3 is 1. The number of aromatic nitrogens is 2. The first kappa shape index (κ1) is 21.2. The number of rotatable bonds is 9. The second-order valence-electron chi connectivity index (χ2n) is 6.84. The normalized spacial score (nSPS) is 12.0. The number of hydrogen-bond acceptors (Lipinski definition) is 5. The smallest absolute Gasteiger partial charge is 0.161 e. The standard InChI is InChI=1S/C22H26ClN3O3/c1-15(13-27)24-12-17-9-10-20(21(11-17)28-3)29-14-19-16(2)25-26(22(19)23)18-7-5-4-6-8-18/h4-11,15,24,27H,12-14H2,1-3H3/t15-/m0/s1. The minimum atomic E-state index is 0.0307. The summed E-state index contributed by atoms with van der Waals surface area (Å²) in [6.45, 7) is 4.85. The van der Waals surface area contributed by atoms with Crippen molar-refractivity contribution in [3.8, 4) is 17.2 Å². The molecular weight excluding hydrogens is 390 g/mol. The lowest BCUT2D eigenvalue weighted by Gasteiger charge is -2.14. The van der Waals surface area contributed by atoms with Gasteiger partial charge in [-0.1, -0.05) is 35.9 Å². The van der Waals surface area contributed by atoms with E-state index in [1.54, 1.807) is 11.8 Å². The molecule has 6 nitrogen and oxygen atoms in total. The molecule has 1 heterocycles. The molecule has 1 aromatic heterocycles. The highest BCUT2D eigenvalue weighted by molar-refractivity contribution is 6.30. The second kappa shape index (κ2) is 9.78. The molecule has 29 heavy (non-hydrogen) atoms. The van der Waals surface area contributed by atoms with E-state index >= 15 is 0 Å². The van der Waals surface area contributed by atoms with E-state index in [9.17, 15) is 0 Å². The van der Waals surface area contributed by atoms with Gasteiger partial charge in [0.05, 0.1) is 25.1 Å². The summed E-state index contributed by atoms with van der Waals surface area (Å²) in [6.07, 6.45) is 0. The van der Waals surface area contributed by atoms with Gasteiger partial charge in [-0.3, -0.25) is 0 Å². The van der Waals surface area contributed by atoms with E-state index in [4.69, 9.17) is 26.2 Å². The Morgan fingerprint density at radius 1 is 1.17 bits per heavy atom. The van der Waals surface area contributed by atoms with Crippen LogP contribution in [0.5, 0.6) is 11.5 Å². The number of aliphatic hydroxyl groups is 1. The molecule has 3 aromatic rings. The molecule has 0 radical (unpaired) electrons. The third-order valence-corrected chi connectivity index (χ3v) is 5.04. The van der Waals surface area contributed by atoms with Crippen LogP contribution in [0.3, 0.4) is 0 Å². The van der Waals surface area contributed by atoms with Gasteiger partial charge in [-0.05, 0) is 43.7 Å². The van der Waals surface area contributed by atoms with Gasteiger partial charge in [-0.2, -0.15) is 5.10 Å². The minimum Gasteiger partial charge on any atom is -0.493 e. The molecule has 1 atom stereocenters. The zero-order valence-corrected chi connectivity index (χ0v) is 17.6. The fourth-order valence-electron chi connectivity index (χ4n) is 2.88. The average molecular weight is 416 g/mol. The van der Waals surface area contributed by atoms with Crippen molar-refractivity contribution in [1.82, 2.24) is 15.1 Å². The SMILES string of the molecule is COc1cc(CN[C@@H](C)CO)ccc1OCc1c(C)nn(-c2ccccc2)c1Cl. The van der Waals surface area contributed by atoms with Crippen molar-refractivity contribution >= 4 is 11.6 Å². The molecule has 7 heteroatoms. The van der Waals surface area contributed by atoms with Crippen molar-refractivity contribution in [2.75, 3.05) is 13.7 Å². The highest BCUT2D eigenvalue weighted by Gasteiger charge is 2.16. The molecule has 0 unspecified atom stereocenters. The van der Waals surface area contributed by atoms with Crippen molar-refractivity contribution in [2.24, 2.45) is 0 Å². The van der Waals surface area contributed by atoms with E-state index in [0.29, 0.717) is 23.2 Å². The van der Waals surface area contributed by atoms with Crippen molar-refractivity contribution in [2.45, 2.75) is 33.0 Å². The van der Waals surface area contributed by atoms with E-state index in [1.807, 2.05) is 62.4 Å². The molecule has 0 bridgehead atoms. The second-order valence-corrected chi connectivity index (χ2v) is 7.20. The third kappa shape index (κ3) is 5.09. The first-order valence-electron chi connectivity index (χ1n) is 9.46. The first-order chi connectivity index (χ1) is 14.0. The van der Waals surface area contributed by atoms with Crippen molar-refractivity contribution in [1.29, 1.82) is 0 Å². The third-order valence-electron chi connectivity index (χ3n) is 4.65. The Bertz CT molecular complexity index is 944. The van der Waals surface area contributed by atoms with Crippen LogP contribution >= 0.6 is 11.6 Å². The lowest BCUT2D eigenvalue weighted by Crippen LogP contribution is -2.28. The number of benzene rings is 2. The molecule has 0 amide bonds. The van der Waals surface area contributed by atoms with E-state index in [1.165, 1.54) is 0 Å². The van der Waals surface area contributed by atoms with Crippen LogP contribution in [0.4, 0.5) is 0 Å². The van der Waals surface area contributed by atoms with Crippen LogP contribution in [0.25, 0.3) is 5.69 Å². The molecule has 0 saturated carbocycles. The molecular formula is C22H26ClN3O3. The number of hydrogen-bond donors (Lipinski definition) is 2. The van der Waals surface area contributed by atoms with Crippen molar-refractivity contribution in [3.63, 3.8) is 0 Å². The van der Waals surface area contributed by atoms with Crippen molar-refractivity contribution < 1.29 is 14.6 Å². The van der Waals surface area contributed by atoms with Crippen LogP contribution in [0.15, 0.2) is 48.5 Å². The maximum atomic E-state index is 9.13. The number of aliphatic hydroxyl groups excluding tert-OH is 1. The maximum Gasteiger partial charge on any atom is 0.161 e. The number of nitrogens with one attached hydrogen (secondary N) is 1. The minimum absolute atomic E-state index is 0.0307. The summed E-state index contributed by atoms with van der Waals surface area (Å²) < 4.78 is 13.2. The number of aryl methyl sites for hydroxylation is 1. The number of halogens is 1. The monoisotopic (exact) mass is 415 g/mol. The highest BCUT2D eigenvalue weighted by Crippen LogP contribution is 2.31. The van der Waals surface area contributed by atoms with Crippen LogP contribution < -0.4 is 14.8 Å². The Balaban J connectivity index is 1.74. The Kier molecular flexibility index (Phi) is 7.14. The molecule has 0 aliphatic rings. The molecule has 154 valence electrons. The number of ether oxygens (including phenoxy) is 2. The van der Waals surface area contributed by atoms with E-state index in [-0.39, 0.29) is 19.3 Å². The number of nitrogens with zero attached hydrogens (tertiary/aromatic N) is 2. The predicted molar refractivity (Wildman–Crippen MR) is 114 cm³/mol.